The van der Waals surface area contributed by atoms with E-state index in [1.165, 1.54) is 12.8 Å². The quantitative estimate of drug-likeness (QED) is 0.646. The zero-order valence-corrected chi connectivity index (χ0v) is 6.93. The fourth-order valence-electron chi connectivity index (χ4n) is 1.24. The molecule has 1 aromatic heterocycles. The summed E-state index contributed by atoms with van der Waals surface area (Å²) in [5.41, 5.74) is 1.27. The molecule has 0 bridgehead atoms. The Kier molecular flexibility index (Phi) is 1.88. The molecule has 2 rings (SSSR count). The molecule has 1 heterocycles. The Morgan fingerprint density at radius 3 is 2.69 bits per heavy atom. The maximum Gasteiger partial charge on any atom is 0.334 e. The Morgan fingerprint density at radius 2 is 2.23 bits per heavy atom. The van der Waals surface area contributed by atoms with Crippen molar-refractivity contribution < 1.29 is 4.79 Å². The van der Waals surface area contributed by atoms with Crippen molar-refractivity contribution in [2.75, 3.05) is 0 Å². The monoisotopic (exact) mass is 176 g/mol. The van der Waals surface area contributed by atoms with Crippen LogP contribution in [0, 0.1) is 4.91 Å². The molecule has 1 fully saturated rings. The number of aromatic nitrogens is 1. The highest BCUT2D eigenvalue weighted by molar-refractivity contribution is 5.92. The molecule has 1 aliphatic carbocycles. The summed E-state index contributed by atoms with van der Waals surface area (Å²) in [6, 6.07) is 3.39. The van der Waals surface area contributed by atoms with Gasteiger partial charge in [-0.05, 0) is 30.4 Å². The molecule has 0 atom stereocenters. The number of rotatable bonds is 2. The predicted octanol–water partition coefficient (Wildman–Crippen LogP) is 1.87. The Labute approximate surface area is 75.0 Å². The van der Waals surface area contributed by atoms with E-state index in [1.54, 1.807) is 12.3 Å². The molecule has 4 heteroatoms. The van der Waals surface area contributed by atoms with Crippen molar-refractivity contribution in [1.82, 2.24) is 4.98 Å². The molecule has 66 valence electrons. The third-order valence-electron chi connectivity index (χ3n) is 2.14. The van der Waals surface area contributed by atoms with Crippen LogP contribution < -0.4 is 0 Å². The van der Waals surface area contributed by atoms with Gasteiger partial charge in [-0.1, -0.05) is 6.07 Å². The van der Waals surface area contributed by atoms with Gasteiger partial charge in [0, 0.05) is 11.4 Å². The first-order chi connectivity index (χ1) is 6.31. The minimum absolute atomic E-state index is 0.124. The van der Waals surface area contributed by atoms with Gasteiger partial charge in [-0.25, -0.2) is 0 Å². The molecule has 0 N–H and O–H groups in total. The van der Waals surface area contributed by atoms with Gasteiger partial charge in [-0.15, -0.1) is 4.91 Å². The second kappa shape index (κ2) is 3.05. The number of nitroso groups, excluding NO2 is 1. The molecule has 1 saturated carbocycles. The molecular weight excluding hydrogens is 168 g/mol. The summed E-state index contributed by atoms with van der Waals surface area (Å²) in [6.45, 7) is 0. The molecule has 0 aliphatic heterocycles. The summed E-state index contributed by atoms with van der Waals surface area (Å²) in [4.78, 5) is 24.5. The van der Waals surface area contributed by atoms with Gasteiger partial charge in [0.25, 0.3) is 0 Å². The van der Waals surface area contributed by atoms with Gasteiger partial charge in [-0.2, -0.15) is 0 Å². The Morgan fingerprint density at radius 1 is 1.46 bits per heavy atom. The van der Waals surface area contributed by atoms with Crippen LogP contribution in [0.3, 0.4) is 0 Å². The van der Waals surface area contributed by atoms with E-state index in [9.17, 15) is 9.70 Å². The normalized spacial score (nSPS) is 15.4. The lowest BCUT2D eigenvalue weighted by Gasteiger charge is -1.96. The number of amides is 1. The molecule has 4 nitrogen and oxygen atoms in total. The van der Waals surface area contributed by atoms with Gasteiger partial charge in [0.1, 0.15) is 5.69 Å². The van der Waals surface area contributed by atoms with Crippen LogP contribution in [-0.4, -0.2) is 10.9 Å². The minimum Gasteiger partial charge on any atom is -0.261 e. The average Bonchev–Trinajstić information content (AvgIpc) is 3.00. The number of hydrogen-bond donors (Lipinski definition) is 0. The van der Waals surface area contributed by atoms with E-state index >= 15 is 0 Å². The summed E-state index contributed by atoms with van der Waals surface area (Å²) in [7, 11) is 0. The predicted molar refractivity (Wildman–Crippen MR) is 46.3 cm³/mol. The first kappa shape index (κ1) is 8.04. The molecule has 0 unspecified atom stereocenters. The molecule has 0 radical (unpaired) electrons. The first-order valence-corrected chi connectivity index (χ1v) is 4.15. The lowest BCUT2D eigenvalue weighted by Crippen LogP contribution is -1.97. The number of carbonyl (C=O) groups excluding carboxylic acids is 1. The molecule has 0 spiro atoms. The van der Waals surface area contributed by atoms with Crippen molar-refractivity contribution in [3.8, 4) is 0 Å². The summed E-state index contributed by atoms with van der Waals surface area (Å²) in [5, 5.41) is 2.30. The lowest BCUT2D eigenvalue weighted by atomic mass is 10.2. The lowest BCUT2D eigenvalue weighted by molar-refractivity contribution is 0.0996. The molecule has 1 aliphatic rings. The molecular formula is C9H8N2O2. The minimum atomic E-state index is -0.803. The number of pyridine rings is 1. The van der Waals surface area contributed by atoms with Gasteiger partial charge >= 0.3 is 5.91 Å². The van der Waals surface area contributed by atoms with E-state index in [-0.39, 0.29) is 5.69 Å². The van der Waals surface area contributed by atoms with E-state index in [1.807, 2.05) is 6.07 Å². The van der Waals surface area contributed by atoms with Crippen LogP contribution in [0.25, 0.3) is 0 Å². The third-order valence-corrected chi connectivity index (χ3v) is 2.14. The van der Waals surface area contributed by atoms with Gasteiger partial charge in [0.2, 0.25) is 0 Å². The van der Waals surface area contributed by atoms with Gasteiger partial charge in [0.05, 0.1) is 0 Å². The van der Waals surface area contributed by atoms with Gasteiger partial charge < -0.3 is 0 Å². The molecule has 1 amide bonds. The molecule has 0 aromatic carbocycles. The number of hydrogen-bond acceptors (Lipinski definition) is 3. The van der Waals surface area contributed by atoms with Crippen molar-refractivity contribution in [2.24, 2.45) is 5.18 Å². The average molecular weight is 176 g/mol. The Balaban J connectivity index is 2.22. The first-order valence-electron chi connectivity index (χ1n) is 4.15. The van der Waals surface area contributed by atoms with Crippen LogP contribution in [0.1, 0.15) is 34.8 Å². The highest BCUT2D eigenvalue weighted by Gasteiger charge is 2.23. The van der Waals surface area contributed by atoms with Crippen LogP contribution in [0.15, 0.2) is 23.5 Å². The summed E-state index contributed by atoms with van der Waals surface area (Å²) in [5.74, 6) is -0.191. The second-order valence-corrected chi connectivity index (χ2v) is 3.15. The maximum absolute atomic E-state index is 10.8. The standard InChI is InChI=1S/C9H8N2O2/c12-9(11-13)8-4-3-7(5-10-8)6-1-2-6/h3-6H,1-2H2. The summed E-state index contributed by atoms with van der Waals surface area (Å²) in [6.07, 6.45) is 4.04. The Hall–Kier alpha value is -1.58. The van der Waals surface area contributed by atoms with E-state index in [2.05, 4.69) is 10.2 Å². The molecule has 1 aromatic rings. The fourth-order valence-corrected chi connectivity index (χ4v) is 1.24. The molecule has 13 heavy (non-hydrogen) atoms. The summed E-state index contributed by atoms with van der Waals surface area (Å²) >= 11 is 0. The van der Waals surface area contributed by atoms with Crippen molar-refractivity contribution >= 4 is 5.91 Å². The highest BCUT2D eigenvalue weighted by atomic mass is 16.3. The number of carbonyl (C=O) groups is 1. The zero-order chi connectivity index (χ0) is 9.26. The van der Waals surface area contributed by atoms with Crippen LogP contribution in [0.2, 0.25) is 0 Å². The Bertz CT molecular complexity index is 341. The van der Waals surface area contributed by atoms with Crippen molar-refractivity contribution in [3.05, 3.63) is 34.5 Å². The smallest absolute Gasteiger partial charge is 0.261 e. The van der Waals surface area contributed by atoms with Gasteiger partial charge in [0.15, 0.2) is 0 Å². The van der Waals surface area contributed by atoms with E-state index in [4.69, 9.17) is 0 Å². The van der Waals surface area contributed by atoms with Crippen LogP contribution >= 0.6 is 0 Å². The highest BCUT2D eigenvalue weighted by Crippen LogP contribution is 2.39. The van der Waals surface area contributed by atoms with Crippen LogP contribution in [0.5, 0.6) is 0 Å². The molecule has 0 saturated heterocycles. The largest absolute Gasteiger partial charge is 0.334 e. The maximum atomic E-state index is 10.8. The van der Waals surface area contributed by atoms with Crippen molar-refractivity contribution in [3.63, 3.8) is 0 Å². The van der Waals surface area contributed by atoms with E-state index < -0.39 is 5.91 Å². The van der Waals surface area contributed by atoms with Crippen LogP contribution in [-0.2, 0) is 0 Å². The zero-order valence-electron chi connectivity index (χ0n) is 6.93. The van der Waals surface area contributed by atoms with E-state index in [0.29, 0.717) is 5.92 Å². The van der Waals surface area contributed by atoms with E-state index in [0.717, 1.165) is 5.56 Å². The third kappa shape index (κ3) is 1.61. The van der Waals surface area contributed by atoms with Crippen LogP contribution in [0.4, 0.5) is 0 Å². The number of nitrogens with zero attached hydrogens (tertiary/aromatic N) is 2. The second-order valence-electron chi connectivity index (χ2n) is 3.15. The summed E-state index contributed by atoms with van der Waals surface area (Å²) < 4.78 is 0. The van der Waals surface area contributed by atoms with Crippen molar-refractivity contribution in [1.29, 1.82) is 0 Å². The fraction of sp³-hybridized carbons (Fsp3) is 0.333. The topological polar surface area (TPSA) is 59.4 Å². The van der Waals surface area contributed by atoms with Gasteiger partial charge in [-0.3, -0.25) is 9.78 Å². The SMILES string of the molecule is O=NC(=O)c1ccc(C2CC2)cn1. The van der Waals surface area contributed by atoms with Crippen molar-refractivity contribution in [2.45, 2.75) is 18.8 Å².